The molecule has 0 spiro atoms. The summed E-state index contributed by atoms with van der Waals surface area (Å²) >= 11 is 1.33. The molecule has 0 aliphatic rings. The third kappa shape index (κ3) is 2.20. The predicted octanol–water partition coefficient (Wildman–Crippen LogP) is 3.50. The second-order valence-corrected chi connectivity index (χ2v) is 4.12. The maximum absolute atomic E-state index is 12.0. The first-order valence-corrected chi connectivity index (χ1v) is 4.89. The minimum atomic E-state index is -4.67. The molecule has 1 aromatic heterocycles. The quantitative estimate of drug-likeness (QED) is 0.752. The van der Waals surface area contributed by atoms with Crippen LogP contribution in [0.1, 0.15) is 5.01 Å². The normalized spacial score (nSPS) is 12.0. The number of halogens is 3. The highest BCUT2D eigenvalue weighted by molar-refractivity contribution is 7.18. The molecule has 80 valence electrons. The Hall–Kier alpha value is -1.30. The van der Waals surface area contributed by atoms with Crippen LogP contribution in [0.2, 0.25) is 0 Å². The van der Waals surface area contributed by atoms with Gasteiger partial charge >= 0.3 is 6.36 Å². The Morgan fingerprint density at radius 2 is 2.07 bits per heavy atom. The highest BCUT2D eigenvalue weighted by Crippen LogP contribution is 2.32. The molecule has 15 heavy (non-hydrogen) atoms. The molecular formula is C9H6F3NOS. The zero-order valence-corrected chi connectivity index (χ0v) is 8.45. The Balaban J connectivity index is 2.51. The SMILES string of the molecule is Cc1nc2c(OC(F)(F)F)cccc2s1. The molecule has 0 saturated carbocycles. The highest BCUT2D eigenvalue weighted by Gasteiger charge is 2.32. The van der Waals surface area contributed by atoms with Gasteiger partial charge in [-0.1, -0.05) is 6.07 Å². The van der Waals surface area contributed by atoms with Gasteiger partial charge in [-0.05, 0) is 19.1 Å². The number of rotatable bonds is 1. The Labute approximate surface area is 87.3 Å². The van der Waals surface area contributed by atoms with Crippen LogP contribution in [0.4, 0.5) is 13.2 Å². The van der Waals surface area contributed by atoms with Gasteiger partial charge in [-0.2, -0.15) is 0 Å². The number of thiazole rings is 1. The average Bonchev–Trinajstić information content (AvgIpc) is 2.43. The number of aromatic nitrogens is 1. The first kappa shape index (κ1) is 10.2. The zero-order chi connectivity index (χ0) is 11.1. The molecule has 0 aliphatic heterocycles. The molecule has 6 heteroatoms. The van der Waals surface area contributed by atoms with E-state index < -0.39 is 6.36 Å². The number of benzene rings is 1. The fourth-order valence-electron chi connectivity index (χ4n) is 1.24. The second kappa shape index (κ2) is 3.37. The van der Waals surface area contributed by atoms with Gasteiger partial charge in [0.1, 0.15) is 5.52 Å². The Morgan fingerprint density at radius 3 is 2.73 bits per heavy atom. The molecule has 1 heterocycles. The Kier molecular flexibility index (Phi) is 2.30. The molecule has 0 amide bonds. The number of alkyl halides is 3. The van der Waals surface area contributed by atoms with Crippen molar-refractivity contribution in [1.82, 2.24) is 4.98 Å². The fraction of sp³-hybridized carbons (Fsp3) is 0.222. The molecule has 0 bridgehead atoms. The number of hydrogen-bond acceptors (Lipinski definition) is 3. The fourth-order valence-corrected chi connectivity index (χ4v) is 2.09. The summed E-state index contributed by atoms with van der Waals surface area (Å²) in [5.74, 6) is -0.246. The van der Waals surface area contributed by atoms with Gasteiger partial charge in [0.25, 0.3) is 0 Å². The maximum Gasteiger partial charge on any atom is 0.573 e. The van der Waals surface area contributed by atoms with E-state index in [-0.39, 0.29) is 11.3 Å². The summed E-state index contributed by atoms with van der Waals surface area (Å²) in [5.41, 5.74) is 0.261. The predicted molar refractivity (Wildman–Crippen MR) is 51.0 cm³/mol. The van der Waals surface area contributed by atoms with Crippen molar-refractivity contribution in [1.29, 1.82) is 0 Å². The van der Waals surface area contributed by atoms with Crippen LogP contribution in [0.25, 0.3) is 10.2 Å². The van der Waals surface area contributed by atoms with Crippen molar-refractivity contribution < 1.29 is 17.9 Å². The number of ether oxygens (including phenoxy) is 1. The summed E-state index contributed by atoms with van der Waals surface area (Å²) < 4.78 is 40.6. The van der Waals surface area contributed by atoms with E-state index in [1.54, 1.807) is 13.0 Å². The van der Waals surface area contributed by atoms with Crippen molar-refractivity contribution in [3.63, 3.8) is 0 Å². The third-order valence-corrected chi connectivity index (χ3v) is 2.65. The van der Waals surface area contributed by atoms with E-state index in [9.17, 15) is 13.2 Å². The molecule has 2 nitrogen and oxygen atoms in total. The van der Waals surface area contributed by atoms with Gasteiger partial charge in [0.15, 0.2) is 5.75 Å². The van der Waals surface area contributed by atoms with Crippen LogP contribution in [-0.2, 0) is 0 Å². The number of nitrogens with zero attached hydrogens (tertiary/aromatic N) is 1. The Bertz CT molecular complexity index is 492. The maximum atomic E-state index is 12.0. The van der Waals surface area contributed by atoms with E-state index in [0.717, 1.165) is 0 Å². The topological polar surface area (TPSA) is 22.1 Å². The molecule has 2 rings (SSSR count). The van der Waals surface area contributed by atoms with E-state index in [2.05, 4.69) is 9.72 Å². The van der Waals surface area contributed by atoms with Gasteiger partial charge < -0.3 is 4.74 Å². The van der Waals surface area contributed by atoms with Crippen LogP contribution in [0.3, 0.4) is 0 Å². The minimum absolute atomic E-state index is 0.246. The van der Waals surface area contributed by atoms with Crippen LogP contribution < -0.4 is 4.74 Å². The minimum Gasteiger partial charge on any atom is -0.403 e. The van der Waals surface area contributed by atoms with E-state index in [1.165, 1.54) is 23.5 Å². The molecular weight excluding hydrogens is 227 g/mol. The third-order valence-electron chi connectivity index (χ3n) is 1.71. The van der Waals surface area contributed by atoms with Crippen LogP contribution >= 0.6 is 11.3 Å². The summed E-state index contributed by atoms with van der Waals surface area (Å²) in [4.78, 5) is 3.99. The Morgan fingerprint density at radius 1 is 1.33 bits per heavy atom. The van der Waals surface area contributed by atoms with Crippen LogP contribution in [0.15, 0.2) is 18.2 Å². The van der Waals surface area contributed by atoms with E-state index >= 15 is 0 Å². The summed E-state index contributed by atoms with van der Waals surface area (Å²) in [6.07, 6.45) is -4.67. The second-order valence-electron chi connectivity index (χ2n) is 2.88. The molecule has 2 aromatic rings. The monoisotopic (exact) mass is 233 g/mol. The van der Waals surface area contributed by atoms with Crippen molar-refractivity contribution in [2.45, 2.75) is 13.3 Å². The van der Waals surface area contributed by atoms with Gasteiger partial charge in [0.05, 0.1) is 9.71 Å². The van der Waals surface area contributed by atoms with Crippen LogP contribution in [0, 0.1) is 6.92 Å². The first-order chi connectivity index (χ1) is 6.96. The highest BCUT2D eigenvalue weighted by atomic mass is 32.1. The van der Waals surface area contributed by atoms with Gasteiger partial charge in [-0.25, -0.2) is 4.98 Å². The van der Waals surface area contributed by atoms with Crippen LogP contribution in [0.5, 0.6) is 5.75 Å². The number of para-hydroxylation sites is 1. The average molecular weight is 233 g/mol. The van der Waals surface area contributed by atoms with Crippen molar-refractivity contribution in [2.24, 2.45) is 0 Å². The lowest BCUT2D eigenvalue weighted by Gasteiger charge is -2.08. The zero-order valence-electron chi connectivity index (χ0n) is 7.63. The smallest absolute Gasteiger partial charge is 0.403 e. The summed E-state index contributed by atoms with van der Waals surface area (Å²) in [7, 11) is 0. The summed E-state index contributed by atoms with van der Waals surface area (Å²) in [6.45, 7) is 1.74. The molecule has 0 N–H and O–H groups in total. The molecule has 0 fully saturated rings. The molecule has 0 saturated heterocycles. The first-order valence-electron chi connectivity index (χ1n) is 4.07. The van der Waals surface area contributed by atoms with Gasteiger partial charge in [-0.15, -0.1) is 24.5 Å². The lowest BCUT2D eigenvalue weighted by molar-refractivity contribution is -0.274. The van der Waals surface area contributed by atoms with E-state index in [0.29, 0.717) is 9.71 Å². The van der Waals surface area contributed by atoms with Crippen molar-refractivity contribution in [2.75, 3.05) is 0 Å². The largest absolute Gasteiger partial charge is 0.573 e. The standard InChI is InChI=1S/C9H6F3NOS/c1-5-13-8-6(14-9(10,11)12)3-2-4-7(8)15-5/h2-4H,1H3. The van der Waals surface area contributed by atoms with E-state index in [4.69, 9.17) is 0 Å². The van der Waals surface area contributed by atoms with Crippen molar-refractivity contribution in [3.8, 4) is 5.75 Å². The summed E-state index contributed by atoms with van der Waals surface area (Å²) in [5, 5.41) is 0.711. The lowest BCUT2D eigenvalue weighted by Crippen LogP contribution is -2.17. The summed E-state index contributed by atoms with van der Waals surface area (Å²) in [6, 6.07) is 4.49. The molecule has 1 aromatic carbocycles. The van der Waals surface area contributed by atoms with Crippen molar-refractivity contribution >= 4 is 21.6 Å². The lowest BCUT2D eigenvalue weighted by atomic mass is 10.3. The van der Waals surface area contributed by atoms with Crippen LogP contribution in [-0.4, -0.2) is 11.3 Å². The van der Waals surface area contributed by atoms with Gasteiger partial charge in [0.2, 0.25) is 0 Å². The number of hydrogen-bond donors (Lipinski definition) is 0. The number of fused-ring (bicyclic) bond motifs is 1. The molecule has 0 unspecified atom stereocenters. The van der Waals surface area contributed by atoms with Gasteiger partial charge in [-0.3, -0.25) is 0 Å². The molecule has 0 radical (unpaired) electrons. The number of aryl methyl sites for hydroxylation is 1. The van der Waals surface area contributed by atoms with Gasteiger partial charge in [0, 0.05) is 0 Å². The molecule has 0 atom stereocenters. The molecule has 0 aliphatic carbocycles. The van der Waals surface area contributed by atoms with E-state index in [1.807, 2.05) is 0 Å². The van der Waals surface area contributed by atoms with Crippen molar-refractivity contribution in [3.05, 3.63) is 23.2 Å².